The molecule has 0 aromatic carbocycles. The van der Waals surface area contributed by atoms with Crippen molar-refractivity contribution in [2.24, 2.45) is 10.2 Å². The third-order valence-electron chi connectivity index (χ3n) is 2.20. The Labute approximate surface area is 89.3 Å². The van der Waals surface area contributed by atoms with Gasteiger partial charge in [0.1, 0.15) is 12.1 Å². The Morgan fingerprint density at radius 3 is 2.38 bits per heavy atom. The van der Waals surface area contributed by atoms with Crippen molar-refractivity contribution in [1.29, 1.82) is 0 Å². The van der Waals surface area contributed by atoms with E-state index in [4.69, 9.17) is 15.8 Å². The quantitative estimate of drug-likeness (QED) is 0.335. The van der Waals surface area contributed by atoms with E-state index in [2.05, 4.69) is 20.1 Å². The van der Waals surface area contributed by atoms with Crippen LogP contribution in [0.3, 0.4) is 0 Å². The topological polar surface area (TPSA) is 167 Å². The van der Waals surface area contributed by atoms with Crippen LogP contribution in [-0.4, -0.2) is 52.5 Å². The second kappa shape index (κ2) is 5.52. The molecule has 0 aromatic heterocycles. The van der Waals surface area contributed by atoms with Crippen molar-refractivity contribution in [2.45, 2.75) is 30.6 Å². The van der Waals surface area contributed by atoms with E-state index < -0.39 is 30.6 Å². The van der Waals surface area contributed by atoms with Crippen LogP contribution in [0.25, 0.3) is 20.9 Å². The fourth-order valence-electron chi connectivity index (χ4n) is 1.38. The van der Waals surface area contributed by atoms with Gasteiger partial charge < -0.3 is 20.1 Å². The minimum absolute atomic E-state index is 0.241. The average molecular weight is 230 g/mol. The molecule has 10 heteroatoms. The minimum Gasteiger partial charge on any atom is -0.390 e. The molecular formula is C6H10N6O4. The lowest BCUT2D eigenvalue weighted by Gasteiger charge is -2.38. The zero-order valence-corrected chi connectivity index (χ0v) is 8.03. The lowest BCUT2D eigenvalue weighted by molar-refractivity contribution is -0.238. The first-order valence-electron chi connectivity index (χ1n) is 4.36. The van der Waals surface area contributed by atoms with Crippen LogP contribution in [-0.2, 0) is 4.74 Å². The summed E-state index contributed by atoms with van der Waals surface area (Å²) in [7, 11) is 0. The Morgan fingerprint density at radius 2 is 1.81 bits per heavy atom. The van der Waals surface area contributed by atoms with E-state index in [1.165, 1.54) is 0 Å². The number of hydrogen-bond donors (Lipinski definition) is 3. The summed E-state index contributed by atoms with van der Waals surface area (Å²) in [5.41, 5.74) is 16.3. The molecule has 1 saturated heterocycles. The first-order valence-corrected chi connectivity index (χ1v) is 4.36. The molecule has 1 heterocycles. The van der Waals surface area contributed by atoms with Crippen molar-refractivity contribution in [2.75, 3.05) is 6.54 Å². The lowest BCUT2D eigenvalue weighted by Crippen LogP contribution is -2.57. The summed E-state index contributed by atoms with van der Waals surface area (Å²) in [6.45, 7) is -0.241. The van der Waals surface area contributed by atoms with Gasteiger partial charge in [0, 0.05) is 9.82 Å². The zero-order valence-electron chi connectivity index (χ0n) is 8.03. The largest absolute Gasteiger partial charge is 0.390 e. The van der Waals surface area contributed by atoms with Crippen LogP contribution in [0.15, 0.2) is 10.2 Å². The first-order chi connectivity index (χ1) is 7.61. The molecule has 5 atom stereocenters. The SMILES string of the molecule is [N-]=[N+]=NC[C@H]1O[C@@H](O)[C@@H](N=[N+]=[N-])[C@@H](O)[C@@H]1O. The molecule has 10 nitrogen and oxygen atoms in total. The number of rotatable bonds is 3. The molecule has 0 spiro atoms. The number of aliphatic hydroxyl groups excluding tert-OH is 3. The van der Waals surface area contributed by atoms with Crippen LogP contribution in [0, 0.1) is 0 Å². The summed E-state index contributed by atoms with van der Waals surface area (Å²) in [6.07, 6.45) is -5.46. The third kappa shape index (κ3) is 2.52. The van der Waals surface area contributed by atoms with Gasteiger partial charge in [0.25, 0.3) is 0 Å². The van der Waals surface area contributed by atoms with Gasteiger partial charge in [-0.05, 0) is 11.1 Å². The highest BCUT2D eigenvalue weighted by Gasteiger charge is 2.42. The zero-order chi connectivity index (χ0) is 12.1. The van der Waals surface area contributed by atoms with Crippen LogP contribution in [0.1, 0.15) is 0 Å². The summed E-state index contributed by atoms with van der Waals surface area (Å²) < 4.78 is 4.85. The molecule has 88 valence electrons. The summed E-state index contributed by atoms with van der Waals surface area (Å²) in [4.78, 5) is 4.87. The van der Waals surface area contributed by atoms with Crippen molar-refractivity contribution >= 4 is 0 Å². The van der Waals surface area contributed by atoms with Crippen molar-refractivity contribution < 1.29 is 20.1 Å². The highest BCUT2D eigenvalue weighted by molar-refractivity contribution is 4.93. The lowest BCUT2D eigenvalue weighted by atomic mass is 9.97. The van der Waals surface area contributed by atoms with Crippen LogP contribution in [0.4, 0.5) is 0 Å². The Balaban J connectivity index is 2.77. The van der Waals surface area contributed by atoms with Gasteiger partial charge in [0.15, 0.2) is 6.29 Å². The maximum Gasteiger partial charge on any atom is 0.166 e. The molecule has 1 rings (SSSR count). The van der Waals surface area contributed by atoms with E-state index in [0.717, 1.165) is 0 Å². The van der Waals surface area contributed by atoms with Gasteiger partial charge in [-0.15, -0.1) is 0 Å². The Hall–Kier alpha value is -1.54. The molecular weight excluding hydrogens is 220 g/mol. The van der Waals surface area contributed by atoms with E-state index >= 15 is 0 Å². The van der Waals surface area contributed by atoms with Gasteiger partial charge in [-0.2, -0.15) is 0 Å². The van der Waals surface area contributed by atoms with Gasteiger partial charge in [-0.25, -0.2) is 0 Å². The smallest absolute Gasteiger partial charge is 0.166 e. The maximum atomic E-state index is 9.53. The van der Waals surface area contributed by atoms with Gasteiger partial charge in [-0.3, -0.25) is 0 Å². The molecule has 0 radical (unpaired) electrons. The third-order valence-corrected chi connectivity index (χ3v) is 2.20. The molecule has 0 unspecified atom stereocenters. The van der Waals surface area contributed by atoms with Gasteiger partial charge in [-0.1, -0.05) is 10.2 Å². The summed E-state index contributed by atoms with van der Waals surface area (Å²) in [5.74, 6) is 0. The predicted molar refractivity (Wildman–Crippen MR) is 49.8 cm³/mol. The molecule has 1 aliphatic rings. The summed E-state index contributed by atoms with van der Waals surface area (Å²) in [5, 5.41) is 34.7. The van der Waals surface area contributed by atoms with Crippen molar-refractivity contribution in [1.82, 2.24) is 0 Å². The van der Waals surface area contributed by atoms with Crippen LogP contribution in [0.5, 0.6) is 0 Å². The van der Waals surface area contributed by atoms with E-state index in [0.29, 0.717) is 0 Å². The molecule has 16 heavy (non-hydrogen) atoms. The molecule has 0 amide bonds. The first kappa shape index (κ1) is 12.5. The van der Waals surface area contributed by atoms with Crippen LogP contribution >= 0.6 is 0 Å². The second-order valence-electron chi connectivity index (χ2n) is 3.16. The highest BCUT2D eigenvalue weighted by atomic mass is 16.6. The van der Waals surface area contributed by atoms with Crippen molar-refractivity contribution in [3.05, 3.63) is 20.9 Å². The fourth-order valence-corrected chi connectivity index (χ4v) is 1.38. The Morgan fingerprint density at radius 1 is 1.12 bits per heavy atom. The fraction of sp³-hybridized carbons (Fsp3) is 1.00. The number of ether oxygens (including phenoxy) is 1. The summed E-state index contributed by atoms with van der Waals surface area (Å²) >= 11 is 0. The molecule has 0 saturated carbocycles. The highest BCUT2D eigenvalue weighted by Crippen LogP contribution is 2.22. The van der Waals surface area contributed by atoms with Gasteiger partial charge in [0.2, 0.25) is 0 Å². The van der Waals surface area contributed by atoms with Crippen LogP contribution < -0.4 is 0 Å². The standard InChI is InChI=1S/C6H10N6O4/c7-11-9-1-2-4(13)5(14)3(10-12-8)6(15)16-2/h2-6,13-15H,1H2/t2-,3+,4-,5-,6-/m1/s1. The second-order valence-corrected chi connectivity index (χ2v) is 3.16. The number of aliphatic hydroxyl groups is 3. The Bertz CT molecular complexity index is 336. The minimum atomic E-state index is -1.55. The molecule has 1 aliphatic heterocycles. The van der Waals surface area contributed by atoms with Crippen molar-refractivity contribution in [3.8, 4) is 0 Å². The van der Waals surface area contributed by atoms with Gasteiger partial charge in [0.05, 0.1) is 18.8 Å². The number of hydrogen-bond acceptors (Lipinski definition) is 6. The average Bonchev–Trinajstić information content (AvgIpc) is 2.27. The number of nitrogens with zero attached hydrogens (tertiary/aromatic N) is 6. The summed E-state index contributed by atoms with van der Waals surface area (Å²) in [6, 6.07) is -1.29. The van der Waals surface area contributed by atoms with E-state index in [1.807, 2.05) is 0 Å². The molecule has 0 aliphatic carbocycles. The van der Waals surface area contributed by atoms with Crippen LogP contribution in [0.2, 0.25) is 0 Å². The Kier molecular flexibility index (Phi) is 4.32. The van der Waals surface area contributed by atoms with E-state index in [9.17, 15) is 15.3 Å². The van der Waals surface area contributed by atoms with Crippen molar-refractivity contribution in [3.63, 3.8) is 0 Å². The predicted octanol–water partition coefficient (Wildman–Crippen LogP) is -0.585. The normalized spacial score (nSPS) is 38.3. The van der Waals surface area contributed by atoms with E-state index in [1.54, 1.807) is 0 Å². The monoisotopic (exact) mass is 230 g/mol. The van der Waals surface area contributed by atoms with Gasteiger partial charge >= 0.3 is 0 Å². The number of azide groups is 2. The molecule has 3 N–H and O–H groups in total. The molecule has 0 bridgehead atoms. The molecule has 1 fully saturated rings. The maximum absolute atomic E-state index is 9.53. The van der Waals surface area contributed by atoms with E-state index in [-0.39, 0.29) is 6.54 Å². The molecule has 0 aromatic rings.